The molecule has 0 unspecified atom stereocenters. The highest BCUT2D eigenvalue weighted by Gasteiger charge is 2.08. The molecule has 1 heterocycles. The number of nitrogens with zero attached hydrogens (tertiary/aromatic N) is 2. The van der Waals surface area contributed by atoms with Crippen molar-refractivity contribution in [3.05, 3.63) is 61.6 Å². The van der Waals surface area contributed by atoms with Gasteiger partial charge in [-0.1, -0.05) is 11.6 Å². The number of anilines is 1. The van der Waals surface area contributed by atoms with Crippen molar-refractivity contribution in [1.82, 2.24) is 9.13 Å². The average molecular weight is 298 g/mol. The molecule has 0 saturated carbocycles. The summed E-state index contributed by atoms with van der Waals surface area (Å²) in [6.45, 7) is 0.0953. The van der Waals surface area contributed by atoms with Gasteiger partial charge in [0.05, 0.1) is 11.3 Å². The summed E-state index contributed by atoms with van der Waals surface area (Å²) in [5.41, 5.74) is -0.266. The van der Waals surface area contributed by atoms with Crippen LogP contribution in [0.15, 0.2) is 34.0 Å². The molecule has 1 aromatic heterocycles. The zero-order chi connectivity index (χ0) is 14.9. The lowest BCUT2D eigenvalue weighted by Crippen LogP contribution is -2.38. The summed E-state index contributed by atoms with van der Waals surface area (Å²) in [6.07, 6.45) is 1.43. The second-order valence-corrected chi connectivity index (χ2v) is 4.83. The smallest absolute Gasteiger partial charge is 0.330 e. The molecule has 5 nitrogen and oxygen atoms in total. The second-order valence-electron chi connectivity index (χ2n) is 4.39. The Morgan fingerprint density at radius 3 is 2.70 bits per heavy atom. The standard InChI is InChI=1S/C13H13ClFN3O2/c1-17-7-8(12(19)18(2)13(17)20)6-16-11-5-9(14)3-4-10(11)15/h3-5,7,16H,6H2,1-2H3. The molecule has 0 fully saturated rings. The van der Waals surface area contributed by atoms with Crippen LogP contribution in [0.1, 0.15) is 5.56 Å². The molecule has 0 aliphatic heterocycles. The number of nitrogens with one attached hydrogen (secondary N) is 1. The Balaban J connectivity index is 2.30. The summed E-state index contributed by atoms with van der Waals surface area (Å²) in [4.78, 5) is 23.4. The predicted octanol–water partition coefficient (Wildman–Crippen LogP) is 1.49. The van der Waals surface area contributed by atoms with Crippen LogP contribution in [0, 0.1) is 5.82 Å². The molecule has 0 saturated heterocycles. The van der Waals surface area contributed by atoms with Crippen LogP contribution in [-0.4, -0.2) is 9.13 Å². The molecule has 20 heavy (non-hydrogen) atoms. The summed E-state index contributed by atoms with van der Waals surface area (Å²) >= 11 is 5.78. The minimum Gasteiger partial charge on any atom is -0.378 e. The first-order valence-corrected chi connectivity index (χ1v) is 6.22. The number of rotatable bonds is 3. The third-order valence-corrected chi connectivity index (χ3v) is 3.15. The van der Waals surface area contributed by atoms with Gasteiger partial charge in [-0.25, -0.2) is 9.18 Å². The van der Waals surface area contributed by atoms with Crippen LogP contribution < -0.4 is 16.6 Å². The first-order chi connectivity index (χ1) is 9.40. The Morgan fingerprint density at radius 1 is 1.30 bits per heavy atom. The Kier molecular flexibility index (Phi) is 3.94. The number of halogens is 2. The normalized spacial score (nSPS) is 10.6. The molecule has 0 spiro atoms. The summed E-state index contributed by atoms with van der Waals surface area (Å²) in [5.74, 6) is -0.462. The first kappa shape index (κ1) is 14.3. The van der Waals surface area contributed by atoms with Gasteiger partial charge in [-0.05, 0) is 18.2 Å². The van der Waals surface area contributed by atoms with Crippen LogP contribution in [0.4, 0.5) is 10.1 Å². The van der Waals surface area contributed by atoms with Gasteiger partial charge in [0.1, 0.15) is 5.82 Å². The highest BCUT2D eigenvalue weighted by molar-refractivity contribution is 6.30. The van der Waals surface area contributed by atoms with Crippen molar-refractivity contribution in [2.45, 2.75) is 6.54 Å². The molecular formula is C13H13ClFN3O2. The van der Waals surface area contributed by atoms with E-state index in [0.29, 0.717) is 10.6 Å². The molecule has 0 radical (unpaired) electrons. The van der Waals surface area contributed by atoms with Crippen LogP contribution in [0.25, 0.3) is 0 Å². The van der Waals surface area contributed by atoms with Gasteiger partial charge in [-0.15, -0.1) is 0 Å². The Labute approximate surface area is 119 Å². The summed E-state index contributed by atoms with van der Waals surface area (Å²) in [6, 6.07) is 4.11. The highest BCUT2D eigenvalue weighted by Crippen LogP contribution is 2.19. The summed E-state index contributed by atoms with van der Waals surface area (Å²) in [5, 5.41) is 3.19. The fraction of sp³-hybridized carbons (Fsp3) is 0.231. The number of aromatic nitrogens is 2. The van der Waals surface area contributed by atoms with Crippen molar-refractivity contribution in [3.8, 4) is 0 Å². The van der Waals surface area contributed by atoms with E-state index in [1.807, 2.05) is 0 Å². The Morgan fingerprint density at radius 2 is 2.00 bits per heavy atom. The van der Waals surface area contributed by atoms with Gasteiger partial charge < -0.3 is 9.88 Å². The van der Waals surface area contributed by atoms with Gasteiger partial charge in [0, 0.05) is 31.9 Å². The van der Waals surface area contributed by atoms with E-state index in [1.54, 1.807) is 7.05 Å². The van der Waals surface area contributed by atoms with Crippen molar-refractivity contribution in [2.24, 2.45) is 14.1 Å². The van der Waals surface area contributed by atoms with Crippen LogP contribution in [0.3, 0.4) is 0 Å². The van der Waals surface area contributed by atoms with Gasteiger partial charge in [0.2, 0.25) is 0 Å². The summed E-state index contributed by atoms with van der Waals surface area (Å²) < 4.78 is 15.8. The van der Waals surface area contributed by atoms with Crippen molar-refractivity contribution in [2.75, 3.05) is 5.32 Å². The van der Waals surface area contributed by atoms with E-state index in [1.165, 1.54) is 36.0 Å². The molecule has 2 rings (SSSR count). The molecule has 1 N–H and O–H groups in total. The maximum Gasteiger partial charge on any atom is 0.330 e. The topological polar surface area (TPSA) is 56.0 Å². The van der Waals surface area contributed by atoms with Crippen LogP contribution in [-0.2, 0) is 20.6 Å². The van der Waals surface area contributed by atoms with E-state index in [-0.39, 0.29) is 12.2 Å². The maximum absolute atomic E-state index is 13.5. The lowest BCUT2D eigenvalue weighted by Gasteiger charge is -2.10. The largest absolute Gasteiger partial charge is 0.378 e. The van der Waals surface area contributed by atoms with Crippen molar-refractivity contribution >= 4 is 17.3 Å². The lowest BCUT2D eigenvalue weighted by atomic mass is 10.2. The van der Waals surface area contributed by atoms with Gasteiger partial charge in [0.25, 0.3) is 5.56 Å². The zero-order valence-corrected chi connectivity index (χ0v) is 11.7. The monoisotopic (exact) mass is 297 g/mol. The third-order valence-electron chi connectivity index (χ3n) is 2.92. The van der Waals surface area contributed by atoms with Gasteiger partial charge >= 0.3 is 5.69 Å². The molecule has 0 atom stereocenters. The number of aryl methyl sites for hydroxylation is 1. The fourth-order valence-corrected chi connectivity index (χ4v) is 2.00. The number of benzene rings is 1. The molecule has 2 aromatic rings. The molecule has 0 aliphatic rings. The minimum atomic E-state index is -0.462. The van der Waals surface area contributed by atoms with Gasteiger partial charge in [0.15, 0.2) is 0 Å². The van der Waals surface area contributed by atoms with Crippen molar-refractivity contribution < 1.29 is 4.39 Å². The Bertz CT molecular complexity index is 767. The molecule has 1 aromatic carbocycles. The Hall–Kier alpha value is -2.08. The lowest BCUT2D eigenvalue weighted by molar-refractivity contribution is 0.629. The van der Waals surface area contributed by atoms with E-state index in [0.717, 1.165) is 4.57 Å². The van der Waals surface area contributed by atoms with E-state index in [4.69, 9.17) is 11.6 Å². The summed E-state index contributed by atoms with van der Waals surface area (Å²) in [7, 11) is 2.94. The predicted molar refractivity (Wildman–Crippen MR) is 75.7 cm³/mol. The third kappa shape index (κ3) is 2.75. The quantitative estimate of drug-likeness (QED) is 0.934. The van der Waals surface area contributed by atoms with Crippen molar-refractivity contribution in [1.29, 1.82) is 0 Å². The van der Waals surface area contributed by atoms with Gasteiger partial charge in [-0.3, -0.25) is 9.36 Å². The SMILES string of the molecule is Cn1cc(CNc2cc(Cl)ccc2F)c(=O)n(C)c1=O. The van der Waals surface area contributed by atoms with Crippen LogP contribution >= 0.6 is 11.6 Å². The van der Waals surface area contributed by atoms with E-state index < -0.39 is 17.1 Å². The fourth-order valence-electron chi connectivity index (χ4n) is 1.83. The van der Waals surface area contributed by atoms with Crippen molar-refractivity contribution in [3.63, 3.8) is 0 Å². The molecule has 106 valence electrons. The van der Waals surface area contributed by atoms with Crippen LogP contribution in [0.2, 0.25) is 5.02 Å². The number of hydrogen-bond acceptors (Lipinski definition) is 3. The van der Waals surface area contributed by atoms with E-state index in [9.17, 15) is 14.0 Å². The number of hydrogen-bond donors (Lipinski definition) is 1. The molecule has 0 aliphatic carbocycles. The molecule has 7 heteroatoms. The zero-order valence-electron chi connectivity index (χ0n) is 11.0. The molecule has 0 bridgehead atoms. The van der Waals surface area contributed by atoms with E-state index >= 15 is 0 Å². The minimum absolute atomic E-state index is 0.0953. The van der Waals surface area contributed by atoms with E-state index in [2.05, 4.69) is 5.32 Å². The molecular weight excluding hydrogens is 285 g/mol. The van der Waals surface area contributed by atoms with Crippen LogP contribution in [0.5, 0.6) is 0 Å². The molecule has 0 amide bonds. The average Bonchev–Trinajstić information content (AvgIpc) is 2.42. The highest BCUT2D eigenvalue weighted by atomic mass is 35.5. The second kappa shape index (κ2) is 5.50. The van der Waals surface area contributed by atoms with Gasteiger partial charge in [-0.2, -0.15) is 0 Å². The maximum atomic E-state index is 13.5. The first-order valence-electron chi connectivity index (χ1n) is 5.84.